The minimum Gasteiger partial charge on any atom is -0.493 e. The van der Waals surface area contributed by atoms with Crippen molar-refractivity contribution in [3.63, 3.8) is 0 Å². The minimum absolute atomic E-state index is 0.0101. The summed E-state index contributed by atoms with van der Waals surface area (Å²) in [7, 11) is 2.94. The van der Waals surface area contributed by atoms with Gasteiger partial charge in [0, 0.05) is 36.6 Å². The van der Waals surface area contributed by atoms with Crippen LogP contribution in [-0.2, 0) is 16.0 Å². The number of nitrogens with zero attached hydrogens (tertiary/aromatic N) is 2. The number of methoxy groups -OCH3 is 2. The van der Waals surface area contributed by atoms with Crippen molar-refractivity contribution in [2.75, 3.05) is 20.8 Å². The molecular formula is C27H28F3N3O5. The van der Waals surface area contributed by atoms with Gasteiger partial charge >= 0.3 is 6.18 Å². The van der Waals surface area contributed by atoms with E-state index in [1.165, 1.54) is 38.7 Å². The summed E-state index contributed by atoms with van der Waals surface area (Å²) in [6, 6.07) is 7.51. The molecule has 1 aromatic carbocycles. The Kier molecular flexibility index (Phi) is 6.98. The lowest BCUT2D eigenvalue weighted by Crippen LogP contribution is -2.66. The summed E-state index contributed by atoms with van der Waals surface area (Å²) in [5, 5.41) is 1.92. The van der Waals surface area contributed by atoms with Crippen molar-refractivity contribution < 1.29 is 37.0 Å². The van der Waals surface area contributed by atoms with Crippen molar-refractivity contribution in [2.24, 2.45) is 5.41 Å². The van der Waals surface area contributed by atoms with Crippen molar-refractivity contribution in [3.05, 3.63) is 65.1 Å². The number of aromatic nitrogens is 1. The average molecular weight is 532 g/mol. The summed E-state index contributed by atoms with van der Waals surface area (Å²) in [6.45, 7) is 3.38. The van der Waals surface area contributed by atoms with Gasteiger partial charge in [-0.25, -0.2) is 0 Å². The second kappa shape index (κ2) is 9.77. The standard InChI is InChI=1S/C27H28F3N3O5/c1-25(2)14-18-22(19(34)15-25)26(27(28,29)30,32-23(35)17-7-10-31-11-8-17)24(36)33(18)12-9-16-5-6-20(37-3)21(13-16)38-4/h5-8,10-11,13H,9,12,14-15H2,1-4H3,(H,32,35). The molecule has 202 valence electrons. The van der Waals surface area contributed by atoms with Gasteiger partial charge in [-0.3, -0.25) is 19.4 Å². The maximum Gasteiger partial charge on any atom is 0.425 e. The highest BCUT2D eigenvalue weighted by Crippen LogP contribution is 2.51. The van der Waals surface area contributed by atoms with Crippen LogP contribution in [0.2, 0.25) is 0 Å². The van der Waals surface area contributed by atoms with Crippen LogP contribution in [-0.4, -0.2) is 60.0 Å². The first kappa shape index (κ1) is 27.2. The topological polar surface area (TPSA) is 97.8 Å². The molecule has 0 saturated heterocycles. The van der Waals surface area contributed by atoms with Crippen molar-refractivity contribution in [1.29, 1.82) is 0 Å². The Morgan fingerprint density at radius 1 is 1.05 bits per heavy atom. The number of benzene rings is 1. The number of halogens is 3. The van der Waals surface area contributed by atoms with Crippen LogP contribution >= 0.6 is 0 Å². The van der Waals surface area contributed by atoms with Crippen LogP contribution in [0.1, 0.15) is 42.6 Å². The third-order valence-electron chi connectivity index (χ3n) is 6.86. The molecule has 2 aliphatic rings. The van der Waals surface area contributed by atoms with E-state index in [0.717, 1.165) is 4.90 Å². The predicted octanol–water partition coefficient (Wildman–Crippen LogP) is 3.86. The Balaban J connectivity index is 1.77. The van der Waals surface area contributed by atoms with Gasteiger partial charge in [0.2, 0.25) is 5.54 Å². The van der Waals surface area contributed by atoms with Crippen LogP contribution in [0.25, 0.3) is 0 Å². The number of hydrogen-bond donors (Lipinski definition) is 1. The Bertz CT molecular complexity index is 1310. The van der Waals surface area contributed by atoms with Crippen LogP contribution < -0.4 is 14.8 Å². The molecular weight excluding hydrogens is 503 g/mol. The number of amides is 2. The molecule has 11 heteroatoms. The van der Waals surface area contributed by atoms with Crippen molar-refractivity contribution >= 4 is 17.6 Å². The van der Waals surface area contributed by atoms with Crippen LogP contribution in [0, 0.1) is 5.41 Å². The molecule has 1 aromatic heterocycles. The fourth-order valence-corrected chi connectivity index (χ4v) is 5.09. The maximum absolute atomic E-state index is 14.9. The van der Waals surface area contributed by atoms with E-state index in [1.54, 1.807) is 32.0 Å². The van der Waals surface area contributed by atoms with Gasteiger partial charge < -0.3 is 19.7 Å². The van der Waals surface area contributed by atoms with Crippen LogP contribution in [0.15, 0.2) is 54.0 Å². The lowest BCUT2D eigenvalue weighted by molar-refractivity contribution is -0.190. The summed E-state index contributed by atoms with van der Waals surface area (Å²) in [4.78, 5) is 44.7. The Morgan fingerprint density at radius 2 is 1.71 bits per heavy atom. The largest absolute Gasteiger partial charge is 0.493 e. The molecule has 0 saturated carbocycles. The van der Waals surface area contributed by atoms with E-state index in [2.05, 4.69) is 4.98 Å². The molecule has 1 N–H and O–H groups in total. The molecule has 0 bridgehead atoms. The SMILES string of the molecule is COc1ccc(CCN2C(=O)C(NC(=O)c3ccncc3)(C(F)(F)F)C3=C2CC(C)(C)CC3=O)cc1OC. The number of pyridine rings is 1. The van der Waals surface area contributed by atoms with E-state index in [9.17, 15) is 27.6 Å². The third kappa shape index (κ3) is 4.61. The first-order valence-corrected chi connectivity index (χ1v) is 11.9. The van der Waals surface area contributed by atoms with E-state index in [-0.39, 0.29) is 37.1 Å². The molecule has 2 amide bonds. The number of nitrogens with one attached hydrogen (secondary N) is 1. The first-order valence-electron chi connectivity index (χ1n) is 11.9. The number of hydrogen-bond acceptors (Lipinski definition) is 6. The molecule has 0 fully saturated rings. The lowest BCUT2D eigenvalue weighted by Gasteiger charge is -2.35. The van der Waals surface area contributed by atoms with Gasteiger partial charge in [0.15, 0.2) is 17.3 Å². The van der Waals surface area contributed by atoms with Gasteiger partial charge in [0.25, 0.3) is 11.8 Å². The molecule has 0 spiro atoms. The fourth-order valence-electron chi connectivity index (χ4n) is 5.09. The van der Waals surface area contributed by atoms with Gasteiger partial charge in [-0.1, -0.05) is 19.9 Å². The van der Waals surface area contributed by atoms with E-state index < -0.39 is 40.3 Å². The predicted molar refractivity (Wildman–Crippen MR) is 131 cm³/mol. The second-order valence-electron chi connectivity index (χ2n) is 10.1. The molecule has 38 heavy (non-hydrogen) atoms. The van der Waals surface area contributed by atoms with Crippen LogP contribution in [0.4, 0.5) is 13.2 Å². The molecule has 8 nitrogen and oxygen atoms in total. The zero-order valence-corrected chi connectivity index (χ0v) is 21.4. The molecule has 1 aliphatic carbocycles. The summed E-state index contributed by atoms with van der Waals surface area (Å²) < 4.78 is 55.2. The highest BCUT2D eigenvalue weighted by Gasteiger charge is 2.71. The zero-order chi connectivity index (χ0) is 27.9. The number of carbonyl (C=O) groups excluding carboxylic acids is 3. The fraction of sp³-hybridized carbons (Fsp3) is 0.407. The number of ether oxygens (including phenoxy) is 2. The van der Waals surface area contributed by atoms with Crippen molar-refractivity contribution in [2.45, 2.75) is 44.8 Å². The Hall–Kier alpha value is -3.89. The molecule has 2 aromatic rings. The van der Waals surface area contributed by atoms with Gasteiger partial charge in [-0.15, -0.1) is 0 Å². The average Bonchev–Trinajstić information content (AvgIpc) is 3.09. The van der Waals surface area contributed by atoms with Crippen LogP contribution in [0.5, 0.6) is 11.5 Å². The van der Waals surface area contributed by atoms with Gasteiger partial charge in [-0.05, 0) is 48.1 Å². The summed E-state index contributed by atoms with van der Waals surface area (Å²) in [5.41, 5.74) is -4.31. The van der Waals surface area contributed by atoms with Gasteiger partial charge in [0.05, 0.1) is 19.8 Å². The molecule has 1 atom stereocenters. The van der Waals surface area contributed by atoms with Crippen LogP contribution in [0.3, 0.4) is 0 Å². The highest BCUT2D eigenvalue weighted by atomic mass is 19.4. The second-order valence-corrected chi connectivity index (χ2v) is 10.1. The zero-order valence-electron chi connectivity index (χ0n) is 21.4. The molecule has 4 rings (SSSR count). The Morgan fingerprint density at radius 3 is 2.32 bits per heavy atom. The van der Waals surface area contributed by atoms with E-state index in [4.69, 9.17) is 9.47 Å². The number of carbonyl (C=O) groups is 3. The molecule has 1 unspecified atom stereocenters. The third-order valence-corrected chi connectivity index (χ3v) is 6.86. The normalized spacial score (nSPS) is 20.9. The van der Waals surface area contributed by atoms with E-state index >= 15 is 0 Å². The molecule has 1 aliphatic heterocycles. The lowest BCUT2D eigenvalue weighted by atomic mass is 9.72. The number of ketones is 1. The number of allylic oxidation sites excluding steroid dienone is 1. The first-order chi connectivity index (χ1) is 17.8. The van der Waals surface area contributed by atoms with Crippen molar-refractivity contribution in [3.8, 4) is 11.5 Å². The Labute approximate surface area is 217 Å². The number of Topliss-reactive ketones (excluding diaryl/α,β-unsaturated/α-hetero) is 1. The summed E-state index contributed by atoms with van der Waals surface area (Å²) in [5.74, 6) is -2.44. The summed E-state index contributed by atoms with van der Waals surface area (Å²) >= 11 is 0. The van der Waals surface area contributed by atoms with E-state index in [1.807, 2.05) is 5.32 Å². The molecule has 2 heterocycles. The van der Waals surface area contributed by atoms with Gasteiger partial charge in [-0.2, -0.15) is 13.2 Å². The minimum atomic E-state index is -5.28. The quantitative estimate of drug-likeness (QED) is 0.583. The number of rotatable bonds is 7. The number of alkyl halides is 3. The van der Waals surface area contributed by atoms with Crippen molar-refractivity contribution in [1.82, 2.24) is 15.2 Å². The monoisotopic (exact) mass is 531 g/mol. The smallest absolute Gasteiger partial charge is 0.425 e. The van der Waals surface area contributed by atoms with E-state index in [0.29, 0.717) is 17.1 Å². The maximum atomic E-state index is 14.9. The molecule has 0 radical (unpaired) electrons. The summed E-state index contributed by atoms with van der Waals surface area (Å²) in [6.07, 6.45) is -2.73. The van der Waals surface area contributed by atoms with Gasteiger partial charge in [0.1, 0.15) is 0 Å². The highest BCUT2D eigenvalue weighted by molar-refractivity contribution is 6.14.